The lowest BCUT2D eigenvalue weighted by molar-refractivity contribution is -0.164. The summed E-state index contributed by atoms with van der Waals surface area (Å²) in [4.78, 5) is 27.0. The lowest BCUT2D eigenvalue weighted by atomic mass is 9.79. The van der Waals surface area contributed by atoms with Crippen LogP contribution in [0.2, 0.25) is 0 Å². The van der Waals surface area contributed by atoms with Gasteiger partial charge in [-0.2, -0.15) is 4.57 Å². The molecule has 2 aromatic rings. The molecule has 184 valence electrons. The molecule has 0 unspecified atom stereocenters. The van der Waals surface area contributed by atoms with Crippen molar-refractivity contribution in [1.82, 2.24) is 4.90 Å². The van der Waals surface area contributed by atoms with Crippen molar-refractivity contribution >= 4 is 19.7 Å². The number of nitrogens with zero attached hydrogens (tertiary/aromatic N) is 1. The number of fused-ring (bicyclic) bond motifs is 1. The number of carbonyl (C=O) groups excluding carboxylic acids is 2. The van der Waals surface area contributed by atoms with E-state index in [4.69, 9.17) is 18.3 Å². The van der Waals surface area contributed by atoms with E-state index in [-0.39, 0.29) is 29.6 Å². The zero-order chi connectivity index (χ0) is 25.2. The molecule has 9 nitrogen and oxygen atoms in total. The molecular formula is C25H26NO8P. The van der Waals surface area contributed by atoms with Crippen LogP contribution in [0.4, 0.5) is 0 Å². The molecule has 10 heteroatoms. The molecule has 0 aromatic heterocycles. The van der Waals surface area contributed by atoms with Crippen molar-refractivity contribution in [2.24, 2.45) is 11.8 Å². The number of β-lactam (4-membered cyclic amide) rings is 1. The average Bonchev–Trinajstić information content (AvgIpc) is 3.06. The molecule has 0 saturated carbocycles. The van der Waals surface area contributed by atoms with Gasteiger partial charge in [-0.15, -0.1) is 0 Å². The van der Waals surface area contributed by atoms with Crippen LogP contribution in [0.25, 0.3) is 0 Å². The fourth-order valence-electron chi connectivity index (χ4n) is 4.23. The van der Waals surface area contributed by atoms with Gasteiger partial charge in [0.25, 0.3) is 0 Å². The summed E-state index contributed by atoms with van der Waals surface area (Å²) in [6.45, 7) is 6.63. The molecule has 0 aliphatic carbocycles. The summed E-state index contributed by atoms with van der Waals surface area (Å²) in [6.07, 6.45) is 0.428. The number of carbonyl (C=O) groups is 2. The van der Waals surface area contributed by atoms with Crippen LogP contribution in [-0.4, -0.2) is 40.6 Å². The number of phosphoric ester groups is 1. The van der Waals surface area contributed by atoms with Gasteiger partial charge in [0.05, 0.1) is 18.1 Å². The number of rotatable bonds is 10. The monoisotopic (exact) mass is 499 g/mol. The Morgan fingerprint density at radius 3 is 2.11 bits per heavy atom. The lowest BCUT2D eigenvalue weighted by Crippen LogP contribution is -2.63. The van der Waals surface area contributed by atoms with E-state index in [2.05, 4.69) is 6.58 Å². The first kappa shape index (κ1) is 24.6. The summed E-state index contributed by atoms with van der Waals surface area (Å²) in [5.41, 5.74) is -0.195. The molecule has 2 heterocycles. The van der Waals surface area contributed by atoms with Gasteiger partial charge in [0.1, 0.15) is 23.9 Å². The van der Waals surface area contributed by atoms with E-state index in [1.807, 2.05) is 0 Å². The number of benzene rings is 2. The molecule has 1 fully saturated rings. The Morgan fingerprint density at radius 1 is 1.09 bits per heavy atom. The number of phosphoric acid groups is 1. The summed E-state index contributed by atoms with van der Waals surface area (Å²) in [7, 11) is -4.43. The third kappa shape index (κ3) is 4.83. The van der Waals surface area contributed by atoms with E-state index in [1.54, 1.807) is 67.6 Å². The normalized spacial score (nSPS) is 22.1. The molecular weight excluding hydrogens is 473 g/mol. The predicted octanol–water partition coefficient (Wildman–Crippen LogP) is 4.07. The van der Waals surface area contributed by atoms with Gasteiger partial charge in [0.2, 0.25) is 5.91 Å². The Labute approximate surface area is 203 Å². The van der Waals surface area contributed by atoms with Gasteiger partial charge in [-0.1, -0.05) is 56.0 Å². The number of para-hydroxylation sites is 2. The zero-order valence-corrected chi connectivity index (χ0v) is 20.2. The highest BCUT2D eigenvalue weighted by atomic mass is 31.2. The van der Waals surface area contributed by atoms with Gasteiger partial charge < -0.3 is 23.4 Å². The van der Waals surface area contributed by atoms with Crippen molar-refractivity contribution in [3.05, 3.63) is 84.8 Å². The minimum atomic E-state index is -4.43. The van der Waals surface area contributed by atoms with Gasteiger partial charge >= 0.3 is 13.8 Å². The quantitative estimate of drug-likeness (QED) is 0.225. The van der Waals surface area contributed by atoms with Crippen LogP contribution in [-0.2, 0) is 23.4 Å². The third-order valence-electron chi connectivity index (χ3n) is 5.77. The van der Waals surface area contributed by atoms with Crippen molar-refractivity contribution in [3.63, 3.8) is 0 Å². The Bertz CT molecular complexity index is 1130. The molecule has 4 rings (SSSR count). The second-order valence-electron chi connectivity index (χ2n) is 8.20. The Hall–Kier alpha value is -3.55. The molecule has 0 radical (unpaired) electrons. The molecule has 1 amide bonds. The molecule has 0 spiro atoms. The molecule has 1 saturated heterocycles. The highest BCUT2D eigenvalue weighted by molar-refractivity contribution is 7.49. The van der Waals surface area contributed by atoms with Crippen LogP contribution in [0.1, 0.15) is 13.8 Å². The van der Waals surface area contributed by atoms with Crippen LogP contribution in [0.5, 0.6) is 11.5 Å². The van der Waals surface area contributed by atoms with E-state index in [0.29, 0.717) is 0 Å². The van der Waals surface area contributed by atoms with Crippen LogP contribution in [0.3, 0.4) is 0 Å². The van der Waals surface area contributed by atoms with Crippen molar-refractivity contribution < 1.29 is 37.6 Å². The first-order valence-corrected chi connectivity index (χ1v) is 12.5. The predicted molar refractivity (Wildman–Crippen MR) is 126 cm³/mol. The second-order valence-corrected chi connectivity index (χ2v) is 9.64. The number of hydrogen-bond donors (Lipinski definition) is 1. The topological polar surface area (TPSA) is 112 Å². The molecule has 0 bridgehead atoms. The van der Waals surface area contributed by atoms with Gasteiger partial charge in [-0.05, 0) is 31.2 Å². The summed E-state index contributed by atoms with van der Waals surface area (Å²) in [6, 6.07) is 16.0. The number of ether oxygens (including phenoxy) is 1. The van der Waals surface area contributed by atoms with E-state index in [0.717, 1.165) is 0 Å². The number of amides is 1. The Morgan fingerprint density at radius 2 is 1.63 bits per heavy atom. The number of aliphatic hydroxyl groups is 1. The van der Waals surface area contributed by atoms with Crippen LogP contribution in [0.15, 0.2) is 84.8 Å². The molecule has 2 aliphatic heterocycles. The molecule has 35 heavy (non-hydrogen) atoms. The van der Waals surface area contributed by atoms with E-state index in [9.17, 15) is 19.3 Å². The Balaban J connectivity index is 1.74. The fourth-order valence-corrected chi connectivity index (χ4v) is 5.60. The smallest absolute Gasteiger partial charge is 0.457 e. The zero-order valence-electron chi connectivity index (χ0n) is 19.3. The highest BCUT2D eigenvalue weighted by Crippen LogP contribution is 2.57. The second kappa shape index (κ2) is 9.98. The third-order valence-corrected chi connectivity index (χ3v) is 7.05. The van der Waals surface area contributed by atoms with Crippen LogP contribution >= 0.6 is 7.82 Å². The summed E-state index contributed by atoms with van der Waals surface area (Å²) < 4.78 is 36.3. The van der Waals surface area contributed by atoms with E-state index < -0.39 is 43.7 Å². The maximum absolute atomic E-state index is 13.9. The van der Waals surface area contributed by atoms with Crippen LogP contribution < -0.4 is 9.05 Å². The fraction of sp³-hybridized carbons (Fsp3) is 0.280. The van der Waals surface area contributed by atoms with Crippen molar-refractivity contribution in [2.75, 3.05) is 6.61 Å². The minimum Gasteiger partial charge on any atom is -0.457 e. The average molecular weight is 499 g/mol. The number of hydrogen-bond acceptors (Lipinski definition) is 8. The number of esters is 1. The molecule has 2 aromatic carbocycles. The van der Waals surface area contributed by atoms with Gasteiger partial charge in [-0.3, -0.25) is 9.69 Å². The SMILES string of the molecule is C=CCOC(=O)C1=C(OP(=O)(Oc2ccccc2)Oc2ccccc2)[C@H](C)[C@H]2[C@@H]([C@@H](C)O)C(=O)N12. The van der Waals surface area contributed by atoms with E-state index >= 15 is 0 Å². The minimum absolute atomic E-state index is 0.0734. The van der Waals surface area contributed by atoms with E-state index in [1.165, 1.54) is 17.9 Å². The van der Waals surface area contributed by atoms with Crippen molar-refractivity contribution in [3.8, 4) is 11.5 Å². The highest BCUT2D eigenvalue weighted by Gasteiger charge is 2.62. The standard InChI is InChI=1S/C25H26NO8P/c1-4-15-31-25(29)22-23(16(2)21-20(17(3)27)24(28)26(21)22)34-35(30,32-18-11-7-5-8-12-18)33-19-13-9-6-10-14-19/h4-14,16-17,20-21,27H,1,15H2,2-3H3/t16-,17-,20-,21+/m1/s1. The van der Waals surface area contributed by atoms with Gasteiger partial charge in [0, 0.05) is 5.92 Å². The molecule has 1 N–H and O–H groups in total. The first-order valence-electron chi connectivity index (χ1n) is 11.1. The summed E-state index contributed by atoms with van der Waals surface area (Å²) >= 11 is 0. The maximum Gasteiger partial charge on any atom is 0.646 e. The molecule has 4 atom stereocenters. The van der Waals surface area contributed by atoms with Gasteiger partial charge in [0.15, 0.2) is 5.70 Å². The van der Waals surface area contributed by atoms with Crippen molar-refractivity contribution in [2.45, 2.75) is 26.0 Å². The first-order chi connectivity index (χ1) is 16.8. The molecule has 2 aliphatic rings. The number of aliphatic hydroxyl groups excluding tert-OH is 1. The van der Waals surface area contributed by atoms with Gasteiger partial charge in [-0.25, -0.2) is 4.79 Å². The lowest BCUT2D eigenvalue weighted by Gasteiger charge is -2.46. The largest absolute Gasteiger partial charge is 0.646 e. The van der Waals surface area contributed by atoms with Crippen molar-refractivity contribution in [1.29, 1.82) is 0 Å². The Kier molecular flexibility index (Phi) is 7.00. The summed E-state index contributed by atoms with van der Waals surface area (Å²) in [5, 5.41) is 10.1. The maximum atomic E-state index is 13.9. The van der Waals surface area contributed by atoms with Crippen LogP contribution in [0, 0.1) is 11.8 Å². The summed E-state index contributed by atoms with van der Waals surface area (Å²) in [5.74, 6) is -2.30.